The van der Waals surface area contributed by atoms with Gasteiger partial charge in [-0.1, -0.05) is 35.3 Å². The van der Waals surface area contributed by atoms with Gasteiger partial charge < -0.3 is 14.2 Å². The van der Waals surface area contributed by atoms with Crippen LogP contribution < -0.4 is 18.9 Å². The molecular formula is C16H17Cl2NO5S. The summed E-state index contributed by atoms with van der Waals surface area (Å²) in [6.45, 7) is 0.154. The lowest BCUT2D eigenvalue weighted by molar-refractivity contribution is 0.298. The number of hydrogen-bond acceptors (Lipinski definition) is 5. The zero-order chi connectivity index (χ0) is 18.4. The second-order valence-electron chi connectivity index (χ2n) is 4.79. The Balaban J connectivity index is 2.02. The van der Waals surface area contributed by atoms with E-state index >= 15 is 0 Å². The van der Waals surface area contributed by atoms with E-state index in [1.165, 1.54) is 26.4 Å². The fourth-order valence-electron chi connectivity index (χ4n) is 2.03. The van der Waals surface area contributed by atoms with Crippen molar-refractivity contribution >= 4 is 33.2 Å². The Morgan fingerprint density at radius 3 is 2.20 bits per heavy atom. The monoisotopic (exact) mass is 405 g/mol. The van der Waals surface area contributed by atoms with Crippen molar-refractivity contribution in [3.63, 3.8) is 0 Å². The predicted octanol–water partition coefficient (Wildman–Crippen LogP) is 3.37. The molecule has 136 valence electrons. The second-order valence-corrected chi connectivity index (χ2v) is 7.28. The zero-order valence-corrected chi connectivity index (χ0v) is 15.9. The van der Waals surface area contributed by atoms with Crippen LogP contribution >= 0.6 is 23.2 Å². The highest BCUT2D eigenvalue weighted by molar-refractivity contribution is 7.89. The van der Waals surface area contributed by atoms with E-state index in [1.54, 1.807) is 18.2 Å². The summed E-state index contributed by atoms with van der Waals surface area (Å²) >= 11 is 12.0. The lowest BCUT2D eigenvalue weighted by Crippen LogP contribution is -2.28. The lowest BCUT2D eigenvalue weighted by atomic mass is 10.3. The number of ether oxygens (including phenoxy) is 3. The molecule has 2 rings (SSSR count). The molecule has 0 unspecified atom stereocenters. The Morgan fingerprint density at radius 2 is 1.56 bits per heavy atom. The van der Waals surface area contributed by atoms with Crippen molar-refractivity contribution < 1.29 is 22.6 Å². The summed E-state index contributed by atoms with van der Waals surface area (Å²) in [5.41, 5.74) is 0. The SMILES string of the molecule is COc1ccccc1OCCNS(=O)(=O)c1ccc(OC)c(Cl)c1Cl. The van der Waals surface area contributed by atoms with Crippen molar-refractivity contribution in [2.24, 2.45) is 0 Å². The van der Waals surface area contributed by atoms with E-state index in [2.05, 4.69) is 4.72 Å². The maximum Gasteiger partial charge on any atom is 0.242 e. The summed E-state index contributed by atoms with van der Waals surface area (Å²) in [6.07, 6.45) is 0. The normalized spacial score (nSPS) is 11.2. The third kappa shape index (κ3) is 4.70. The summed E-state index contributed by atoms with van der Waals surface area (Å²) in [6, 6.07) is 9.85. The van der Waals surface area contributed by atoms with Gasteiger partial charge in [0, 0.05) is 6.54 Å². The van der Waals surface area contributed by atoms with Gasteiger partial charge in [-0.2, -0.15) is 0 Å². The van der Waals surface area contributed by atoms with Crippen LogP contribution in [0.4, 0.5) is 0 Å². The zero-order valence-electron chi connectivity index (χ0n) is 13.6. The van der Waals surface area contributed by atoms with E-state index < -0.39 is 10.0 Å². The molecule has 6 nitrogen and oxygen atoms in total. The van der Waals surface area contributed by atoms with E-state index in [0.717, 1.165) is 0 Å². The molecule has 0 spiro atoms. The topological polar surface area (TPSA) is 73.9 Å². The van der Waals surface area contributed by atoms with Crippen molar-refractivity contribution in [1.29, 1.82) is 0 Å². The van der Waals surface area contributed by atoms with Gasteiger partial charge in [-0.3, -0.25) is 0 Å². The van der Waals surface area contributed by atoms with Gasteiger partial charge in [0.1, 0.15) is 22.3 Å². The first-order valence-electron chi connectivity index (χ1n) is 7.18. The third-order valence-corrected chi connectivity index (χ3v) is 5.72. The minimum absolute atomic E-state index is 0.0392. The third-order valence-electron chi connectivity index (χ3n) is 3.24. The molecule has 0 fully saturated rings. The minimum Gasteiger partial charge on any atom is -0.495 e. The Hall–Kier alpha value is -1.67. The quantitative estimate of drug-likeness (QED) is 0.681. The number of sulfonamides is 1. The van der Waals surface area contributed by atoms with E-state index in [9.17, 15) is 8.42 Å². The summed E-state index contributed by atoms with van der Waals surface area (Å²) in [4.78, 5) is -0.128. The standard InChI is InChI=1S/C16H17Cl2NO5S/c1-22-11-5-3-4-6-12(11)24-10-9-19-25(20,21)14-8-7-13(23-2)15(17)16(14)18/h3-8,19H,9-10H2,1-2H3. The maximum absolute atomic E-state index is 12.4. The molecule has 0 aromatic heterocycles. The molecule has 0 saturated carbocycles. The molecule has 2 aromatic carbocycles. The fraction of sp³-hybridized carbons (Fsp3) is 0.250. The molecule has 0 aliphatic heterocycles. The first-order valence-corrected chi connectivity index (χ1v) is 9.42. The molecule has 0 saturated heterocycles. The van der Waals surface area contributed by atoms with Crippen molar-refractivity contribution in [3.05, 3.63) is 46.4 Å². The van der Waals surface area contributed by atoms with Crippen LogP contribution in [-0.2, 0) is 10.0 Å². The van der Waals surface area contributed by atoms with E-state index in [0.29, 0.717) is 17.2 Å². The highest BCUT2D eigenvalue weighted by Gasteiger charge is 2.21. The van der Waals surface area contributed by atoms with Gasteiger partial charge in [0.25, 0.3) is 0 Å². The largest absolute Gasteiger partial charge is 0.495 e. The van der Waals surface area contributed by atoms with Crippen LogP contribution in [0.1, 0.15) is 0 Å². The summed E-state index contributed by atoms with van der Waals surface area (Å²) in [7, 11) is -0.898. The van der Waals surface area contributed by atoms with E-state index in [-0.39, 0.29) is 28.1 Å². The smallest absolute Gasteiger partial charge is 0.242 e. The van der Waals surface area contributed by atoms with Crippen LogP contribution in [0, 0.1) is 0 Å². The van der Waals surface area contributed by atoms with E-state index in [4.69, 9.17) is 37.4 Å². The molecule has 0 amide bonds. The first-order chi connectivity index (χ1) is 11.9. The van der Waals surface area contributed by atoms with Crippen LogP contribution in [0.2, 0.25) is 10.0 Å². The van der Waals surface area contributed by atoms with Gasteiger partial charge in [0.2, 0.25) is 10.0 Å². The average Bonchev–Trinajstić information content (AvgIpc) is 2.61. The number of rotatable bonds is 8. The fourth-order valence-corrected chi connectivity index (χ4v) is 3.88. The molecule has 1 N–H and O–H groups in total. The molecule has 0 aliphatic carbocycles. The van der Waals surface area contributed by atoms with Gasteiger partial charge in [-0.15, -0.1) is 0 Å². The molecule has 25 heavy (non-hydrogen) atoms. The van der Waals surface area contributed by atoms with E-state index in [1.807, 2.05) is 6.07 Å². The molecular weight excluding hydrogens is 389 g/mol. The lowest BCUT2D eigenvalue weighted by Gasteiger charge is -2.13. The molecule has 0 aliphatic rings. The van der Waals surface area contributed by atoms with Gasteiger partial charge >= 0.3 is 0 Å². The van der Waals surface area contributed by atoms with Crippen molar-refractivity contribution in [3.8, 4) is 17.2 Å². The molecule has 9 heteroatoms. The average molecular weight is 406 g/mol. The Bertz CT molecular complexity index is 842. The molecule has 0 atom stereocenters. The maximum atomic E-state index is 12.4. The van der Waals surface area contributed by atoms with Gasteiger partial charge in [-0.05, 0) is 24.3 Å². The van der Waals surface area contributed by atoms with Gasteiger partial charge in [0.15, 0.2) is 11.5 Å². The molecule has 0 bridgehead atoms. The Labute approximate surface area is 156 Å². The minimum atomic E-state index is -3.84. The van der Waals surface area contributed by atoms with Gasteiger partial charge in [0.05, 0.1) is 19.2 Å². The predicted molar refractivity (Wildman–Crippen MR) is 96.7 cm³/mol. The first kappa shape index (κ1) is 19.7. The van der Waals surface area contributed by atoms with Crippen molar-refractivity contribution in [2.75, 3.05) is 27.4 Å². The van der Waals surface area contributed by atoms with Crippen LogP contribution in [0.25, 0.3) is 0 Å². The Morgan fingerprint density at radius 1 is 0.920 bits per heavy atom. The van der Waals surface area contributed by atoms with Crippen LogP contribution in [0.5, 0.6) is 17.2 Å². The number of nitrogens with one attached hydrogen (secondary N) is 1. The number of para-hydroxylation sites is 2. The summed E-state index contributed by atoms with van der Waals surface area (Å²) < 4.78 is 42.8. The number of benzene rings is 2. The molecule has 0 heterocycles. The highest BCUT2D eigenvalue weighted by atomic mass is 35.5. The van der Waals surface area contributed by atoms with Crippen LogP contribution in [-0.4, -0.2) is 35.8 Å². The summed E-state index contributed by atoms with van der Waals surface area (Å²) in [5.74, 6) is 1.38. The molecule has 2 aromatic rings. The second kappa shape index (κ2) is 8.62. The Kier molecular flexibility index (Phi) is 6.78. The number of methoxy groups -OCH3 is 2. The van der Waals surface area contributed by atoms with Crippen LogP contribution in [0.15, 0.2) is 41.3 Å². The molecule has 0 radical (unpaired) electrons. The van der Waals surface area contributed by atoms with Gasteiger partial charge in [-0.25, -0.2) is 13.1 Å². The number of halogens is 2. The van der Waals surface area contributed by atoms with Crippen molar-refractivity contribution in [2.45, 2.75) is 4.90 Å². The van der Waals surface area contributed by atoms with Crippen LogP contribution in [0.3, 0.4) is 0 Å². The highest BCUT2D eigenvalue weighted by Crippen LogP contribution is 2.36. The van der Waals surface area contributed by atoms with Crippen molar-refractivity contribution in [1.82, 2.24) is 4.72 Å². The number of hydrogen-bond donors (Lipinski definition) is 1. The summed E-state index contributed by atoms with van der Waals surface area (Å²) in [5, 5.41) is -0.0588.